The summed E-state index contributed by atoms with van der Waals surface area (Å²) in [5.41, 5.74) is 2.61. The van der Waals surface area contributed by atoms with Crippen LogP contribution in [0.5, 0.6) is 17.2 Å². The molecule has 0 spiro atoms. The lowest BCUT2D eigenvalue weighted by Gasteiger charge is -2.18. The molecule has 24 heavy (non-hydrogen) atoms. The predicted molar refractivity (Wildman–Crippen MR) is 90.7 cm³/mol. The molecule has 0 unspecified atom stereocenters. The van der Waals surface area contributed by atoms with Crippen molar-refractivity contribution in [1.82, 2.24) is 4.90 Å². The topological polar surface area (TPSA) is 48.0 Å². The molecule has 0 radical (unpaired) electrons. The van der Waals surface area contributed by atoms with E-state index in [-0.39, 0.29) is 12.7 Å². The van der Waals surface area contributed by atoms with Crippen LogP contribution in [0, 0.1) is 6.92 Å². The van der Waals surface area contributed by atoms with E-state index in [4.69, 9.17) is 14.2 Å². The van der Waals surface area contributed by atoms with Gasteiger partial charge in [0.25, 0.3) is 5.91 Å². The van der Waals surface area contributed by atoms with E-state index in [9.17, 15) is 4.79 Å². The molecule has 126 valence electrons. The summed E-state index contributed by atoms with van der Waals surface area (Å²) >= 11 is 0. The summed E-state index contributed by atoms with van der Waals surface area (Å²) in [4.78, 5) is 14.3. The fourth-order valence-corrected chi connectivity index (χ4v) is 2.71. The lowest BCUT2D eigenvalue weighted by atomic mass is 10.1. The van der Waals surface area contributed by atoms with Gasteiger partial charge < -0.3 is 19.1 Å². The van der Waals surface area contributed by atoms with Crippen molar-refractivity contribution in [3.63, 3.8) is 0 Å². The first-order valence-corrected chi connectivity index (χ1v) is 7.96. The summed E-state index contributed by atoms with van der Waals surface area (Å²) in [5, 5.41) is 0. The first kappa shape index (κ1) is 16.2. The standard InChI is InChI=1S/C19H21NO4/c1-4-22-16-8-6-15(9-13(16)2)19(21)20(3)11-14-5-7-17-18(10-14)24-12-23-17/h5-10H,4,11-12H2,1-3H3. The largest absolute Gasteiger partial charge is 0.494 e. The number of hydrogen-bond donors (Lipinski definition) is 0. The summed E-state index contributed by atoms with van der Waals surface area (Å²) in [5.74, 6) is 2.26. The first-order chi connectivity index (χ1) is 11.6. The number of rotatable bonds is 5. The molecule has 1 aliphatic heterocycles. The zero-order chi connectivity index (χ0) is 17.1. The Balaban J connectivity index is 1.71. The number of benzene rings is 2. The van der Waals surface area contributed by atoms with Crippen molar-refractivity contribution in [3.8, 4) is 17.2 Å². The van der Waals surface area contributed by atoms with Crippen molar-refractivity contribution in [3.05, 3.63) is 53.1 Å². The van der Waals surface area contributed by atoms with Crippen LogP contribution in [0.4, 0.5) is 0 Å². The molecule has 0 N–H and O–H groups in total. The summed E-state index contributed by atoms with van der Waals surface area (Å²) in [6.07, 6.45) is 0. The number of fused-ring (bicyclic) bond motifs is 1. The predicted octanol–water partition coefficient (Wildman–Crippen LogP) is 3.39. The molecule has 0 aliphatic carbocycles. The van der Waals surface area contributed by atoms with Crippen LogP contribution in [0.15, 0.2) is 36.4 Å². The lowest BCUT2D eigenvalue weighted by Crippen LogP contribution is -2.26. The van der Waals surface area contributed by atoms with Gasteiger partial charge in [-0.1, -0.05) is 6.07 Å². The number of carbonyl (C=O) groups is 1. The number of carbonyl (C=O) groups excluding carboxylic acids is 1. The number of aryl methyl sites for hydroxylation is 1. The molecule has 0 bridgehead atoms. The summed E-state index contributed by atoms with van der Waals surface area (Å²) in [6, 6.07) is 11.2. The molecule has 0 fully saturated rings. The second-order valence-electron chi connectivity index (χ2n) is 5.76. The van der Waals surface area contributed by atoms with E-state index in [1.165, 1.54) is 0 Å². The highest BCUT2D eigenvalue weighted by atomic mass is 16.7. The third-order valence-corrected chi connectivity index (χ3v) is 3.93. The molecule has 2 aromatic rings. The summed E-state index contributed by atoms with van der Waals surface area (Å²) in [7, 11) is 1.79. The monoisotopic (exact) mass is 327 g/mol. The smallest absolute Gasteiger partial charge is 0.253 e. The number of ether oxygens (including phenoxy) is 3. The van der Waals surface area contributed by atoms with Crippen LogP contribution in [0.3, 0.4) is 0 Å². The zero-order valence-electron chi connectivity index (χ0n) is 14.2. The summed E-state index contributed by atoms with van der Waals surface area (Å²) < 4.78 is 16.2. The molecule has 3 rings (SSSR count). The van der Waals surface area contributed by atoms with Gasteiger partial charge in [0.15, 0.2) is 11.5 Å². The second kappa shape index (κ2) is 6.83. The van der Waals surface area contributed by atoms with E-state index in [1.807, 2.05) is 44.2 Å². The Morgan fingerprint density at radius 2 is 1.96 bits per heavy atom. The van der Waals surface area contributed by atoms with Gasteiger partial charge in [0.1, 0.15) is 5.75 Å². The van der Waals surface area contributed by atoms with Gasteiger partial charge in [0.2, 0.25) is 6.79 Å². The van der Waals surface area contributed by atoms with E-state index in [0.29, 0.717) is 18.7 Å². The van der Waals surface area contributed by atoms with Crippen LogP contribution in [0.1, 0.15) is 28.4 Å². The Labute approximate surface area is 141 Å². The minimum atomic E-state index is -0.0289. The molecule has 0 atom stereocenters. The molecule has 5 heteroatoms. The third kappa shape index (κ3) is 3.30. The van der Waals surface area contributed by atoms with Crippen molar-refractivity contribution >= 4 is 5.91 Å². The van der Waals surface area contributed by atoms with E-state index >= 15 is 0 Å². The molecule has 1 heterocycles. The Bertz CT molecular complexity index is 757. The van der Waals surface area contributed by atoms with Gasteiger partial charge in [-0.2, -0.15) is 0 Å². The van der Waals surface area contributed by atoms with E-state index in [2.05, 4.69) is 0 Å². The minimum Gasteiger partial charge on any atom is -0.494 e. The van der Waals surface area contributed by atoms with Gasteiger partial charge in [0.05, 0.1) is 6.61 Å². The molecular formula is C19H21NO4. The van der Waals surface area contributed by atoms with Gasteiger partial charge in [-0.25, -0.2) is 0 Å². The van der Waals surface area contributed by atoms with Crippen molar-refractivity contribution in [2.75, 3.05) is 20.4 Å². The molecule has 1 amide bonds. The van der Waals surface area contributed by atoms with Crippen LogP contribution in [-0.2, 0) is 6.54 Å². The molecular weight excluding hydrogens is 306 g/mol. The van der Waals surface area contributed by atoms with E-state index < -0.39 is 0 Å². The average Bonchev–Trinajstić information content (AvgIpc) is 3.04. The molecule has 2 aromatic carbocycles. The molecule has 0 saturated carbocycles. The Morgan fingerprint density at radius 1 is 1.17 bits per heavy atom. The SMILES string of the molecule is CCOc1ccc(C(=O)N(C)Cc2ccc3c(c2)OCO3)cc1C. The van der Waals surface area contributed by atoms with Crippen LogP contribution in [0.25, 0.3) is 0 Å². The minimum absolute atomic E-state index is 0.0289. The zero-order valence-corrected chi connectivity index (χ0v) is 14.2. The van der Waals surface area contributed by atoms with Gasteiger partial charge in [-0.3, -0.25) is 4.79 Å². The van der Waals surface area contributed by atoms with Gasteiger partial charge in [-0.05, 0) is 55.3 Å². The molecule has 1 aliphatic rings. The van der Waals surface area contributed by atoms with Crippen LogP contribution >= 0.6 is 0 Å². The Kier molecular flexibility index (Phi) is 4.60. The first-order valence-electron chi connectivity index (χ1n) is 7.96. The van der Waals surface area contributed by atoms with Gasteiger partial charge in [-0.15, -0.1) is 0 Å². The third-order valence-electron chi connectivity index (χ3n) is 3.93. The maximum atomic E-state index is 12.6. The highest BCUT2D eigenvalue weighted by Gasteiger charge is 2.17. The quantitative estimate of drug-likeness (QED) is 0.844. The molecule has 5 nitrogen and oxygen atoms in total. The maximum Gasteiger partial charge on any atom is 0.253 e. The van der Waals surface area contributed by atoms with Crippen molar-refractivity contribution in [1.29, 1.82) is 0 Å². The van der Waals surface area contributed by atoms with Gasteiger partial charge >= 0.3 is 0 Å². The number of amides is 1. The number of hydrogen-bond acceptors (Lipinski definition) is 4. The average molecular weight is 327 g/mol. The maximum absolute atomic E-state index is 12.6. The molecule has 0 saturated heterocycles. The number of nitrogens with zero attached hydrogens (tertiary/aromatic N) is 1. The van der Waals surface area contributed by atoms with Crippen LogP contribution in [-0.4, -0.2) is 31.3 Å². The van der Waals surface area contributed by atoms with Crippen molar-refractivity contribution in [2.24, 2.45) is 0 Å². The molecule has 0 aromatic heterocycles. The van der Waals surface area contributed by atoms with Crippen LogP contribution < -0.4 is 14.2 Å². The summed E-state index contributed by atoms with van der Waals surface area (Å²) in [6.45, 7) is 5.25. The fourth-order valence-electron chi connectivity index (χ4n) is 2.71. The van der Waals surface area contributed by atoms with E-state index in [0.717, 1.165) is 28.4 Å². The van der Waals surface area contributed by atoms with Gasteiger partial charge in [0, 0.05) is 19.2 Å². The van der Waals surface area contributed by atoms with Crippen molar-refractivity contribution < 1.29 is 19.0 Å². The van der Waals surface area contributed by atoms with Crippen LogP contribution in [0.2, 0.25) is 0 Å². The normalized spacial score (nSPS) is 12.1. The highest BCUT2D eigenvalue weighted by Crippen LogP contribution is 2.32. The fraction of sp³-hybridized carbons (Fsp3) is 0.316. The van der Waals surface area contributed by atoms with E-state index in [1.54, 1.807) is 18.0 Å². The lowest BCUT2D eigenvalue weighted by molar-refractivity contribution is 0.0785. The second-order valence-corrected chi connectivity index (χ2v) is 5.76. The Hall–Kier alpha value is -2.69. The highest BCUT2D eigenvalue weighted by molar-refractivity contribution is 5.94. The Morgan fingerprint density at radius 3 is 2.71 bits per heavy atom. The van der Waals surface area contributed by atoms with Crippen molar-refractivity contribution in [2.45, 2.75) is 20.4 Å².